The van der Waals surface area contributed by atoms with Crippen molar-refractivity contribution in [2.45, 2.75) is 31.0 Å². The van der Waals surface area contributed by atoms with Crippen molar-refractivity contribution < 1.29 is 28.8 Å². The Morgan fingerprint density at radius 3 is 1.91 bits per heavy atom. The van der Waals surface area contributed by atoms with Gasteiger partial charge in [-0.1, -0.05) is 0 Å². The second kappa shape index (κ2) is 9.11. The molecule has 0 aliphatic carbocycles. The summed E-state index contributed by atoms with van der Waals surface area (Å²) in [4.78, 5) is 17.6. The molecule has 3 atom stereocenters. The number of ether oxygens (including phenoxy) is 4. The molecule has 0 aromatic heterocycles. The number of likely N-dealkylation sites (N-methyl/N-ethyl adjacent to an activating group) is 1. The first kappa shape index (κ1) is 23.2. The molecular formula is C25H32N2O6. The number of aliphatic hydroxyl groups is 1. The molecule has 178 valence electrons. The molecule has 0 radical (unpaired) electrons. The van der Waals surface area contributed by atoms with Crippen molar-refractivity contribution in [3.63, 3.8) is 0 Å². The summed E-state index contributed by atoms with van der Waals surface area (Å²) in [5.41, 5.74) is 3.86. The smallest absolute Gasteiger partial charge is 0.227 e. The zero-order valence-corrected chi connectivity index (χ0v) is 20.0. The van der Waals surface area contributed by atoms with E-state index in [0.717, 1.165) is 22.3 Å². The van der Waals surface area contributed by atoms with Crippen molar-refractivity contribution in [3.8, 4) is 23.0 Å². The SMILES string of the molecule is COc1cc2c(cc1OC)C(CO)N1C(=O)Cc3cc(OC)c(OC)cc3[C@@H](N(C)C)C1C2. The number of carbonyl (C=O) groups excluding carboxylic acids is 1. The van der Waals surface area contributed by atoms with Gasteiger partial charge in [0.25, 0.3) is 0 Å². The second-order valence-electron chi connectivity index (χ2n) is 8.67. The predicted molar refractivity (Wildman–Crippen MR) is 123 cm³/mol. The highest BCUT2D eigenvalue weighted by molar-refractivity contribution is 5.82. The van der Waals surface area contributed by atoms with Crippen LogP contribution in [0.2, 0.25) is 0 Å². The zero-order valence-electron chi connectivity index (χ0n) is 20.0. The van der Waals surface area contributed by atoms with Gasteiger partial charge in [-0.15, -0.1) is 0 Å². The normalized spacial score (nSPS) is 21.6. The minimum absolute atomic E-state index is 0.0303. The predicted octanol–water partition coefficient (Wildman–Crippen LogP) is 2.37. The van der Waals surface area contributed by atoms with E-state index in [0.29, 0.717) is 29.4 Å². The molecule has 2 aliphatic heterocycles. The third kappa shape index (κ3) is 3.77. The first-order valence-electron chi connectivity index (χ1n) is 11.0. The van der Waals surface area contributed by atoms with Gasteiger partial charge in [0.05, 0.1) is 59.6 Å². The average molecular weight is 457 g/mol. The standard InChI is InChI=1S/C25H32N2O6/c1-26(2)25-17-12-23(33-6)21(31-4)9-15(17)10-24(29)27-18(25)7-14-8-20(30-3)22(32-5)11-16(14)19(27)13-28/h8-9,11-12,18-19,25,28H,7,10,13H2,1-6H3/t18?,19?,25-/m1/s1. The van der Waals surface area contributed by atoms with E-state index in [9.17, 15) is 9.90 Å². The maximum Gasteiger partial charge on any atom is 0.227 e. The Hall–Kier alpha value is -2.97. The summed E-state index contributed by atoms with van der Waals surface area (Å²) >= 11 is 0. The van der Waals surface area contributed by atoms with Gasteiger partial charge in [-0.3, -0.25) is 4.79 Å². The van der Waals surface area contributed by atoms with Crippen LogP contribution in [0, 0.1) is 0 Å². The van der Waals surface area contributed by atoms with E-state index in [-0.39, 0.29) is 31.0 Å². The van der Waals surface area contributed by atoms with Gasteiger partial charge in [0, 0.05) is 0 Å². The molecule has 0 bridgehead atoms. The Balaban J connectivity index is 1.92. The summed E-state index contributed by atoms with van der Waals surface area (Å²) in [7, 11) is 10.4. The molecular weight excluding hydrogens is 424 g/mol. The fraction of sp³-hybridized carbons (Fsp3) is 0.480. The molecule has 1 amide bonds. The highest BCUT2D eigenvalue weighted by Crippen LogP contribution is 2.47. The maximum absolute atomic E-state index is 13.7. The second-order valence-corrected chi connectivity index (χ2v) is 8.67. The molecule has 2 aromatic rings. The van der Waals surface area contributed by atoms with Gasteiger partial charge in [0.1, 0.15) is 0 Å². The van der Waals surface area contributed by atoms with Gasteiger partial charge < -0.3 is 33.9 Å². The van der Waals surface area contributed by atoms with Crippen molar-refractivity contribution in [1.29, 1.82) is 0 Å². The van der Waals surface area contributed by atoms with Gasteiger partial charge in [0.15, 0.2) is 23.0 Å². The number of amides is 1. The number of carbonyl (C=O) groups is 1. The number of nitrogens with zero attached hydrogens (tertiary/aromatic N) is 2. The minimum Gasteiger partial charge on any atom is -0.493 e. The number of hydrogen-bond acceptors (Lipinski definition) is 7. The van der Waals surface area contributed by atoms with Crippen LogP contribution in [0.5, 0.6) is 23.0 Å². The van der Waals surface area contributed by atoms with Crippen LogP contribution in [0.4, 0.5) is 0 Å². The van der Waals surface area contributed by atoms with Crippen molar-refractivity contribution in [2.75, 3.05) is 49.1 Å². The monoisotopic (exact) mass is 456 g/mol. The molecule has 0 saturated carbocycles. The van der Waals surface area contributed by atoms with Crippen LogP contribution in [-0.2, 0) is 17.6 Å². The Labute approximate surface area is 194 Å². The van der Waals surface area contributed by atoms with Crippen LogP contribution in [-0.4, -0.2) is 76.0 Å². The van der Waals surface area contributed by atoms with Crippen LogP contribution >= 0.6 is 0 Å². The zero-order chi connectivity index (χ0) is 23.9. The number of aliphatic hydroxyl groups excluding tert-OH is 1. The molecule has 2 unspecified atom stereocenters. The lowest BCUT2D eigenvalue weighted by atomic mass is 9.83. The van der Waals surface area contributed by atoms with Crippen LogP contribution in [0.3, 0.4) is 0 Å². The highest BCUT2D eigenvalue weighted by atomic mass is 16.5. The highest BCUT2D eigenvalue weighted by Gasteiger charge is 2.45. The largest absolute Gasteiger partial charge is 0.493 e. The van der Waals surface area contributed by atoms with Crippen LogP contribution in [0.15, 0.2) is 24.3 Å². The first-order chi connectivity index (χ1) is 15.9. The quantitative estimate of drug-likeness (QED) is 0.715. The summed E-state index contributed by atoms with van der Waals surface area (Å²) in [5, 5.41) is 10.5. The van der Waals surface area contributed by atoms with Gasteiger partial charge in [-0.05, 0) is 67.0 Å². The molecule has 0 fully saturated rings. The van der Waals surface area contributed by atoms with E-state index in [1.165, 1.54) is 0 Å². The molecule has 8 nitrogen and oxygen atoms in total. The van der Waals surface area contributed by atoms with Crippen LogP contribution in [0.1, 0.15) is 34.3 Å². The van der Waals surface area contributed by atoms with Crippen molar-refractivity contribution >= 4 is 5.91 Å². The van der Waals surface area contributed by atoms with Crippen molar-refractivity contribution in [1.82, 2.24) is 9.80 Å². The first-order valence-corrected chi connectivity index (χ1v) is 11.0. The molecule has 0 saturated heterocycles. The van der Waals surface area contributed by atoms with E-state index in [2.05, 4.69) is 4.90 Å². The summed E-state index contributed by atoms with van der Waals surface area (Å²) in [6.45, 7) is -0.187. The summed E-state index contributed by atoms with van der Waals surface area (Å²) < 4.78 is 22.1. The number of fused-ring (bicyclic) bond motifs is 3. The Morgan fingerprint density at radius 2 is 1.39 bits per heavy atom. The Bertz CT molecular complexity index is 1050. The Kier molecular flexibility index (Phi) is 6.41. The fourth-order valence-electron chi connectivity index (χ4n) is 5.39. The van der Waals surface area contributed by atoms with E-state index in [1.807, 2.05) is 43.3 Å². The van der Waals surface area contributed by atoms with Crippen LogP contribution < -0.4 is 18.9 Å². The molecule has 2 aromatic carbocycles. The topological polar surface area (TPSA) is 80.7 Å². The van der Waals surface area contributed by atoms with Gasteiger partial charge in [0.2, 0.25) is 5.91 Å². The maximum atomic E-state index is 13.7. The number of methoxy groups -OCH3 is 4. The summed E-state index contributed by atoms with van der Waals surface area (Å²) in [6.07, 6.45) is 0.838. The molecule has 8 heteroatoms. The van der Waals surface area contributed by atoms with Gasteiger partial charge in [-0.25, -0.2) is 0 Å². The lowest BCUT2D eigenvalue weighted by Crippen LogP contribution is -2.52. The third-order valence-corrected chi connectivity index (χ3v) is 6.81. The minimum atomic E-state index is -0.480. The van der Waals surface area contributed by atoms with Crippen molar-refractivity contribution in [3.05, 3.63) is 46.5 Å². The summed E-state index contributed by atoms with van der Waals surface area (Å²) in [6, 6.07) is 6.95. The molecule has 2 aliphatic rings. The fourth-order valence-corrected chi connectivity index (χ4v) is 5.39. The van der Waals surface area contributed by atoms with Gasteiger partial charge >= 0.3 is 0 Å². The number of benzene rings is 2. The van der Waals surface area contributed by atoms with Gasteiger partial charge in [-0.2, -0.15) is 0 Å². The van der Waals surface area contributed by atoms with E-state index >= 15 is 0 Å². The number of rotatable bonds is 6. The van der Waals surface area contributed by atoms with Crippen molar-refractivity contribution in [2.24, 2.45) is 0 Å². The molecule has 1 N–H and O–H groups in total. The molecule has 0 spiro atoms. The lowest BCUT2D eigenvalue weighted by molar-refractivity contribution is -0.139. The molecule has 4 rings (SSSR count). The average Bonchev–Trinajstić information content (AvgIpc) is 2.93. The Morgan fingerprint density at radius 1 is 0.879 bits per heavy atom. The lowest BCUT2D eigenvalue weighted by Gasteiger charge is -2.46. The van der Waals surface area contributed by atoms with E-state index < -0.39 is 6.04 Å². The molecule has 33 heavy (non-hydrogen) atoms. The number of hydrogen-bond donors (Lipinski definition) is 1. The molecule has 2 heterocycles. The van der Waals surface area contributed by atoms with E-state index in [1.54, 1.807) is 28.4 Å². The van der Waals surface area contributed by atoms with Crippen LogP contribution in [0.25, 0.3) is 0 Å². The van der Waals surface area contributed by atoms with E-state index in [4.69, 9.17) is 18.9 Å². The summed E-state index contributed by atoms with van der Waals surface area (Å²) in [5.74, 6) is 2.41. The third-order valence-electron chi connectivity index (χ3n) is 6.81.